The summed E-state index contributed by atoms with van der Waals surface area (Å²) in [6, 6.07) is 8.72. The summed E-state index contributed by atoms with van der Waals surface area (Å²) in [6.45, 7) is 1.42. The average Bonchev–Trinajstić information content (AvgIpc) is 3.39. The molecule has 1 aromatic carbocycles. The number of esters is 1. The molecule has 1 fully saturated rings. The van der Waals surface area contributed by atoms with Crippen LogP contribution in [0.4, 0.5) is 0 Å². The lowest BCUT2D eigenvalue weighted by atomic mass is 9.98. The predicted octanol–water partition coefficient (Wildman–Crippen LogP) is 0.601. The number of ether oxygens (including phenoxy) is 1. The first kappa shape index (κ1) is 16.0. The molecule has 0 atom stereocenters. The Bertz CT molecular complexity index is 665. The monoisotopic (exact) mass is 337 g/mol. The number of hydrogen-bond donors (Lipinski definition) is 1. The minimum Gasteiger partial charge on any atom is -0.481 e. The Balaban J connectivity index is 1.34. The lowest BCUT2D eigenvalue weighted by Crippen LogP contribution is -2.42. The second kappa shape index (κ2) is 7.16. The van der Waals surface area contributed by atoms with Gasteiger partial charge in [0.2, 0.25) is 0 Å². The van der Waals surface area contributed by atoms with Crippen LogP contribution in [0.15, 0.2) is 35.0 Å². The van der Waals surface area contributed by atoms with E-state index in [2.05, 4.69) is 0 Å². The van der Waals surface area contributed by atoms with Crippen LogP contribution < -0.4 is 9.85 Å². The first-order valence-electron chi connectivity index (χ1n) is 7.76. The molecule has 24 heavy (non-hydrogen) atoms. The number of nitrogens with zero attached hydrogens (tertiary/aromatic N) is 3. The number of carboxylic acid groups (broad SMARTS) is 1. The average molecular weight is 337 g/mol. The van der Waals surface area contributed by atoms with Crippen LogP contribution in [0.5, 0.6) is 0 Å². The fraction of sp³-hybridized carbons (Fsp3) is 0.467. The van der Waals surface area contributed by atoms with Gasteiger partial charge in [-0.05, 0) is 25.0 Å². The predicted molar refractivity (Wildman–Crippen MR) is 81.2 cm³/mol. The molecule has 0 amide bonds. The largest absolute Gasteiger partial charge is 0.481 e. The summed E-state index contributed by atoms with van der Waals surface area (Å²) < 4.78 is 10.2. The van der Waals surface area contributed by atoms with Gasteiger partial charge in [-0.3, -0.25) is 9.80 Å². The molecule has 2 heterocycles. The van der Waals surface area contributed by atoms with Crippen molar-refractivity contribution >= 4 is 11.9 Å². The Morgan fingerprint density at radius 3 is 2.54 bits per heavy atom. The van der Waals surface area contributed by atoms with Gasteiger partial charge in [-0.2, -0.15) is 4.63 Å². The molecule has 2 aromatic rings. The number of aromatic nitrogens is 2. The Kier molecular flexibility index (Phi) is 4.78. The van der Waals surface area contributed by atoms with Crippen LogP contribution in [-0.2, 0) is 9.53 Å². The molecule has 9 heteroatoms. The number of rotatable bonds is 7. The number of piperidine rings is 1. The van der Waals surface area contributed by atoms with Crippen molar-refractivity contribution in [3.05, 3.63) is 35.9 Å². The van der Waals surface area contributed by atoms with E-state index in [1.165, 1.54) is 9.98 Å². The summed E-state index contributed by atoms with van der Waals surface area (Å²) in [7, 11) is 0. The van der Waals surface area contributed by atoms with Crippen LogP contribution in [0.3, 0.4) is 0 Å². The van der Waals surface area contributed by atoms with E-state index < -0.39 is 11.9 Å². The van der Waals surface area contributed by atoms with Crippen molar-refractivity contribution in [2.24, 2.45) is 5.92 Å². The first-order chi connectivity index (χ1) is 11.6. The Morgan fingerprint density at radius 2 is 1.88 bits per heavy atom. The molecule has 1 aromatic heterocycles. The van der Waals surface area contributed by atoms with Crippen molar-refractivity contribution in [3.63, 3.8) is 0 Å². The molecule has 1 saturated heterocycles. The van der Waals surface area contributed by atoms with Crippen molar-refractivity contribution in [2.75, 3.05) is 31.3 Å². The number of hydrogen-bond acceptors (Lipinski definition) is 6. The van der Waals surface area contributed by atoms with Crippen LogP contribution >= 0.6 is 0 Å². The third-order valence-corrected chi connectivity index (χ3v) is 3.85. The topological polar surface area (TPSA) is 99.1 Å². The Hall–Kier alpha value is -2.84. The van der Waals surface area contributed by atoms with E-state index in [9.17, 15) is 9.59 Å². The standard InChI is InChI=1S/C15H19N3O6/c19-14(20)12-6-8-16(9-7-12)17-18(24-17)23-11-10-22-15(21)13-4-2-1-3-5-13/h1-5,12H,6-11H2,(H,19,20). The first-order valence-corrected chi connectivity index (χ1v) is 7.76. The van der Waals surface area contributed by atoms with Gasteiger partial charge in [-0.25, -0.2) is 4.79 Å². The molecular formula is C15H19N3O6. The van der Waals surface area contributed by atoms with E-state index in [4.69, 9.17) is 19.3 Å². The normalized spacial score (nSPS) is 15.4. The van der Waals surface area contributed by atoms with Gasteiger partial charge < -0.3 is 14.7 Å². The van der Waals surface area contributed by atoms with Crippen molar-refractivity contribution in [2.45, 2.75) is 12.8 Å². The number of carbonyl (C=O) groups excluding carboxylic acids is 1. The maximum Gasteiger partial charge on any atom is 0.338 e. The second-order valence-corrected chi connectivity index (χ2v) is 5.47. The summed E-state index contributed by atoms with van der Waals surface area (Å²) in [6.07, 6.45) is 1.13. The third-order valence-electron chi connectivity index (χ3n) is 3.85. The molecule has 0 saturated carbocycles. The number of carboxylic acids is 1. The van der Waals surface area contributed by atoms with Crippen LogP contribution in [0, 0.1) is 5.92 Å². The van der Waals surface area contributed by atoms with E-state index in [1.54, 1.807) is 24.3 Å². The molecule has 1 N–H and O–H groups in total. The molecule has 9 nitrogen and oxygen atoms in total. The summed E-state index contributed by atoms with van der Waals surface area (Å²) in [5.41, 5.74) is 0.489. The molecule has 0 aliphatic carbocycles. The van der Waals surface area contributed by atoms with Crippen LogP contribution in [0.25, 0.3) is 0 Å². The quantitative estimate of drug-likeness (QED) is 0.583. The fourth-order valence-electron chi connectivity index (χ4n) is 2.47. The van der Waals surface area contributed by atoms with Gasteiger partial charge in [0.1, 0.15) is 11.6 Å². The van der Waals surface area contributed by atoms with Crippen LogP contribution in [-0.4, -0.2) is 53.3 Å². The highest BCUT2D eigenvalue weighted by atomic mass is 17.0. The Labute approximate surface area is 137 Å². The number of benzene rings is 1. The summed E-state index contributed by atoms with van der Waals surface area (Å²) >= 11 is 0. The number of aliphatic carboxylic acids is 1. The molecule has 1 aliphatic heterocycles. The zero-order valence-corrected chi connectivity index (χ0v) is 13.0. The highest BCUT2D eigenvalue weighted by molar-refractivity contribution is 5.89. The van der Waals surface area contributed by atoms with E-state index in [1.807, 2.05) is 11.1 Å². The zero-order valence-electron chi connectivity index (χ0n) is 13.0. The summed E-state index contributed by atoms with van der Waals surface area (Å²) in [5.74, 6) is -1.46. The van der Waals surface area contributed by atoms with Gasteiger partial charge in [0.15, 0.2) is 6.61 Å². The van der Waals surface area contributed by atoms with Gasteiger partial charge in [0, 0.05) is 18.1 Å². The van der Waals surface area contributed by atoms with Gasteiger partial charge in [0.05, 0.1) is 11.5 Å². The maximum absolute atomic E-state index is 11.7. The van der Waals surface area contributed by atoms with E-state index in [0.29, 0.717) is 31.5 Å². The van der Waals surface area contributed by atoms with Gasteiger partial charge in [-0.15, -0.1) is 0 Å². The van der Waals surface area contributed by atoms with Crippen LogP contribution in [0.2, 0.25) is 0 Å². The minimum absolute atomic E-state index is 0.0997. The molecule has 0 radical (unpaired) electrons. The van der Waals surface area contributed by atoms with Crippen LogP contribution in [0.1, 0.15) is 23.2 Å². The van der Waals surface area contributed by atoms with Crippen molar-refractivity contribution in [1.29, 1.82) is 0 Å². The molecule has 0 spiro atoms. The molecule has 130 valence electrons. The summed E-state index contributed by atoms with van der Waals surface area (Å²) in [5, 5.41) is 12.0. The lowest BCUT2D eigenvalue weighted by Gasteiger charge is -2.26. The maximum atomic E-state index is 11.7. The molecule has 3 rings (SSSR count). The summed E-state index contributed by atoms with van der Waals surface area (Å²) in [4.78, 5) is 29.3. The van der Waals surface area contributed by atoms with E-state index >= 15 is 0 Å². The van der Waals surface area contributed by atoms with Gasteiger partial charge >= 0.3 is 11.9 Å². The third kappa shape index (κ3) is 3.92. The van der Waals surface area contributed by atoms with E-state index in [-0.39, 0.29) is 19.1 Å². The zero-order chi connectivity index (χ0) is 16.9. The van der Waals surface area contributed by atoms with Gasteiger partial charge in [0.25, 0.3) is 0 Å². The SMILES string of the molecule is O=C(OCCOn1on1N1CCC(C(=O)O)CC1)c1ccccc1. The fourth-order valence-corrected chi connectivity index (χ4v) is 2.47. The van der Waals surface area contributed by atoms with Crippen molar-refractivity contribution < 1.29 is 28.9 Å². The highest BCUT2D eigenvalue weighted by Crippen LogP contribution is 2.17. The molecule has 0 unspecified atom stereocenters. The van der Waals surface area contributed by atoms with Crippen molar-refractivity contribution in [1.82, 2.24) is 9.98 Å². The molecular weight excluding hydrogens is 318 g/mol. The van der Waals surface area contributed by atoms with E-state index in [0.717, 1.165) is 0 Å². The minimum atomic E-state index is -0.755. The van der Waals surface area contributed by atoms with Gasteiger partial charge in [-0.1, -0.05) is 18.2 Å². The smallest absolute Gasteiger partial charge is 0.338 e. The highest BCUT2D eigenvalue weighted by Gasteiger charge is 2.29. The Morgan fingerprint density at radius 1 is 1.17 bits per heavy atom. The lowest BCUT2D eigenvalue weighted by molar-refractivity contribution is -0.142. The second-order valence-electron chi connectivity index (χ2n) is 5.47. The number of carbonyl (C=O) groups is 2. The molecule has 0 bridgehead atoms. The van der Waals surface area contributed by atoms with Crippen molar-refractivity contribution in [3.8, 4) is 0 Å². The molecule has 1 aliphatic rings.